The van der Waals surface area contributed by atoms with Gasteiger partial charge in [-0.25, -0.2) is 4.79 Å². The molecule has 16 heavy (non-hydrogen) atoms. The van der Waals surface area contributed by atoms with Crippen LogP contribution < -0.4 is 0 Å². The highest BCUT2D eigenvalue weighted by atomic mass is 16.1. The topological polar surface area (TPSA) is 29.4 Å². The Labute approximate surface area is 96.4 Å². The van der Waals surface area contributed by atoms with Gasteiger partial charge in [-0.15, -0.1) is 0 Å². The van der Waals surface area contributed by atoms with E-state index in [2.05, 4.69) is 43.1 Å². The number of carbonyl (C=O) groups excluding carboxylic acids is 1. The zero-order chi connectivity index (χ0) is 11.6. The van der Waals surface area contributed by atoms with E-state index in [0.717, 1.165) is 19.3 Å². The van der Waals surface area contributed by atoms with Crippen LogP contribution in [0.25, 0.3) is 0 Å². The van der Waals surface area contributed by atoms with Gasteiger partial charge in [0.15, 0.2) is 0 Å². The molecule has 1 aromatic rings. The molecule has 0 aromatic heterocycles. The lowest BCUT2D eigenvalue weighted by molar-refractivity contribution is 0.556. The summed E-state index contributed by atoms with van der Waals surface area (Å²) in [6, 6.07) is 8.46. The molecule has 1 aliphatic carbocycles. The summed E-state index contributed by atoms with van der Waals surface area (Å²) < 4.78 is 0. The zero-order valence-corrected chi connectivity index (χ0v) is 9.86. The van der Waals surface area contributed by atoms with Crippen LogP contribution in [0.15, 0.2) is 29.3 Å². The lowest BCUT2D eigenvalue weighted by Gasteiger charge is -2.11. The van der Waals surface area contributed by atoms with E-state index in [0.29, 0.717) is 5.92 Å². The van der Waals surface area contributed by atoms with Gasteiger partial charge in [-0.3, -0.25) is 0 Å². The predicted octanol–water partition coefficient (Wildman–Crippen LogP) is 3.21. The Bertz CT molecular complexity index is 426. The van der Waals surface area contributed by atoms with E-state index in [1.54, 1.807) is 6.08 Å². The van der Waals surface area contributed by atoms with Crippen LogP contribution in [0.4, 0.5) is 0 Å². The van der Waals surface area contributed by atoms with E-state index in [-0.39, 0.29) is 5.54 Å². The average molecular weight is 215 g/mol. The van der Waals surface area contributed by atoms with Crippen molar-refractivity contribution in [2.45, 2.75) is 38.6 Å². The van der Waals surface area contributed by atoms with Crippen LogP contribution in [-0.4, -0.2) is 6.08 Å². The van der Waals surface area contributed by atoms with Gasteiger partial charge in [-0.1, -0.05) is 38.1 Å². The van der Waals surface area contributed by atoms with Crippen LogP contribution in [-0.2, 0) is 16.8 Å². The van der Waals surface area contributed by atoms with Gasteiger partial charge in [0.25, 0.3) is 0 Å². The predicted molar refractivity (Wildman–Crippen MR) is 64.0 cm³/mol. The summed E-state index contributed by atoms with van der Waals surface area (Å²) in [6.45, 7) is 4.42. The van der Waals surface area contributed by atoms with E-state index in [4.69, 9.17) is 0 Å². The Morgan fingerprint density at radius 3 is 2.75 bits per heavy atom. The molecule has 0 bridgehead atoms. The van der Waals surface area contributed by atoms with Crippen molar-refractivity contribution in [3.8, 4) is 0 Å². The summed E-state index contributed by atoms with van der Waals surface area (Å²) in [4.78, 5) is 14.4. The van der Waals surface area contributed by atoms with Gasteiger partial charge in [-0.05, 0) is 36.3 Å². The zero-order valence-electron chi connectivity index (χ0n) is 9.86. The van der Waals surface area contributed by atoms with Crippen molar-refractivity contribution in [2.24, 2.45) is 10.9 Å². The fourth-order valence-electron chi connectivity index (χ4n) is 2.13. The molecular formula is C14H17NO. The number of nitrogens with zero attached hydrogens (tertiary/aromatic N) is 1. The second-order valence-electron chi connectivity index (χ2n) is 5.03. The summed E-state index contributed by atoms with van der Waals surface area (Å²) in [7, 11) is 0. The third-order valence-corrected chi connectivity index (χ3v) is 3.09. The van der Waals surface area contributed by atoms with E-state index < -0.39 is 0 Å². The standard InChI is InChI=1S/C14H17NO/c1-11(2)8-12-4-3-5-13(9-12)14(6-7-14)15-10-16/h3-5,9,11H,6-8H2,1-2H3. The van der Waals surface area contributed by atoms with Gasteiger partial charge in [0.2, 0.25) is 6.08 Å². The minimum atomic E-state index is -0.227. The quantitative estimate of drug-likeness (QED) is 0.560. The van der Waals surface area contributed by atoms with Crippen molar-refractivity contribution in [1.82, 2.24) is 0 Å². The van der Waals surface area contributed by atoms with Crippen LogP contribution in [0.1, 0.15) is 37.8 Å². The van der Waals surface area contributed by atoms with E-state index in [9.17, 15) is 4.79 Å². The van der Waals surface area contributed by atoms with Gasteiger partial charge < -0.3 is 0 Å². The first-order chi connectivity index (χ1) is 7.66. The number of aliphatic imine (C=N–C) groups is 1. The lowest BCUT2D eigenvalue weighted by atomic mass is 9.97. The Morgan fingerprint density at radius 1 is 1.44 bits per heavy atom. The van der Waals surface area contributed by atoms with E-state index in [1.165, 1.54) is 11.1 Å². The maximum atomic E-state index is 10.4. The molecule has 0 heterocycles. The first-order valence-electron chi connectivity index (χ1n) is 5.85. The minimum Gasteiger partial charge on any atom is -0.211 e. The van der Waals surface area contributed by atoms with Crippen molar-refractivity contribution in [2.75, 3.05) is 0 Å². The van der Waals surface area contributed by atoms with Crippen LogP contribution in [0, 0.1) is 5.92 Å². The Kier molecular flexibility index (Phi) is 2.93. The summed E-state index contributed by atoms with van der Waals surface area (Å²) in [6.07, 6.45) is 4.74. The maximum Gasteiger partial charge on any atom is 0.235 e. The molecule has 0 amide bonds. The van der Waals surface area contributed by atoms with Crippen LogP contribution >= 0.6 is 0 Å². The van der Waals surface area contributed by atoms with Crippen molar-refractivity contribution >= 4 is 6.08 Å². The smallest absolute Gasteiger partial charge is 0.211 e. The molecule has 1 aliphatic rings. The lowest BCUT2D eigenvalue weighted by Crippen LogP contribution is -2.03. The Balaban J connectivity index is 2.26. The molecule has 1 saturated carbocycles. The Morgan fingerprint density at radius 2 is 2.19 bits per heavy atom. The molecule has 0 N–H and O–H groups in total. The number of hydrogen-bond acceptors (Lipinski definition) is 2. The van der Waals surface area contributed by atoms with Crippen molar-refractivity contribution in [3.63, 3.8) is 0 Å². The fraction of sp³-hybridized carbons (Fsp3) is 0.500. The molecule has 0 spiro atoms. The second-order valence-corrected chi connectivity index (χ2v) is 5.03. The first-order valence-corrected chi connectivity index (χ1v) is 5.85. The first kappa shape index (κ1) is 11.1. The maximum absolute atomic E-state index is 10.4. The summed E-state index contributed by atoms with van der Waals surface area (Å²) in [5.74, 6) is 0.653. The van der Waals surface area contributed by atoms with Crippen molar-refractivity contribution in [1.29, 1.82) is 0 Å². The highest BCUT2D eigenvalue weighted by Gasteiger charge is 2.44. The second kappa shape index (κ2) is 4.23. The van der Waals surface area contributed by atoms with E-state index >= 15 is 0 Å². The summed E-state index contributed by atoms with van der Waals surface area (Å²) >= 11 is 0. The molecule has 2 nitrogen and oxygen atoms in total. The molecule has 1 fully saturated rings. The molecule has 0 radical (unpaired) electrons. The highest BCUT2D eigenvalue weighted by molar-refractivity contribution is 5.42. The van der Waals surface area contributed by atoms with Crippen LogP contribution in [0.3, 0.4) is 0 Å². The molecule has 2 rings (SSSR count). The van der Waals surface area contributed by atoms with Crippen LogP contribution in [0.5, 0.6) is 0 Å². The third-order valence-electron chi connectivity index (χ3n) is 3.09. The van der Waals surface area contributed by atoms with E-state index in [1.807, 2.05) is 0 Å². The van der Waals surface area contributed by atoms with Crippen LogP contribution in [0.2, 0.25) is 0 Å². The third kappa shape index (κ3) is 2.23. The number of benzene rings is 1. The number of isocyanates is 1. The Hall–Kier alpha value is -1.40. The molecule has 0 saturated heterocycles. The largest absolute Gasteiger partial charge is 0.235 e. The van der Waals surface area contributed by atoms with Gasteiger partial charge in [0, 0.05) is 0 Å². The molecule has 1 aromatic carbocycles. The summed E-state index contributed by atoms with van der Waals surface area (Å²) in [5.41, 5.74) is 2.28. The number of hydrogen-bond donors (Lipinski definition) is 0. The van der Waals surface area contributed by atoms with Gasteiger partial charge in [-0.2, -0.15) is 4.99 Å². The molecule has 0 unspecified atom stereocenters. The van der Waals surface area contributed by atoms with Crippen molar-refractivity contribution in [3.05, 3.63) is 35.4 Å². The van der Waals surface area contributed by atoms with Gasteiger partial charge in [0.1, 0.15) is 0 Å². The molecule has 2 heteroatoms. The molecule has 84 valence electrons. The average Bonchev–Trinajstić information content (AvgIpc) is 2.99. The molecular weight excluding hydrogens is 198 g/mol. The highest BCUT2D eigenvalue weighted by Crippen LogP contribution is 2.49. The SMILES string of the molecule is CC(C)Cc1cccc(C2(N=C=O)CC2)c1. The van der Waals surface area contributed by atoms with Gasteiger partial charge >= 0.3 is 0 Å². The number of rotatable bonds is 4. The monoisotopic (exact) mass is 215 g/mol. The van der Waals surface area contributed by atoms with Gasteiger partial charge in [0.05, 0.1) is 5.54 Å². The molecule has 0 atom stereocenters. The van der Waals surface area contributed by atoms with Crippen molar-refractivity contribution < 1.29 is 4.79 Å². The normalized spacial score (nSPS) is 16.9. The minimum absolute atomic E-state index is 0.227. The summed E-state index contributed by atoms with van der Waals surface area (Å²) in [5, 5.41) is 0. The molecule has 0 aliphatic heterocycles. The fourth-order valence-corrected chi connectivity index (χ4v) is 2.13.